The van der Waals surface area contributed by atoms with Gasteiger partial charge in [-0.3, -0.25) is 14.4 Å². The van der Waals surface area contributed by atoms with Crippen molar-refractivity contribution in [2.24, 2.45) is 0 Å². The summed E-state index contributed by atoms with van der Waals surface area (Å²) in [6, 6.07) is 0. The summed E-state index contributed by atoms with van der Waals surface area (Å²) in [5.41, 5.74) is 2.48. The van der Waals surface area contributed by atoms with Crippen LogP contribution >= 0.6 is 11.8 Å². The van der Waals surface area contributed by atoms with Crippen molar-refractivity contribution in [1.29, 1.82) is 0 Å². The molecule has 0 fully saturated rings. The first-order valence-corrected chi connectivity index (χ1v) is 7.51. The second-order valence-electron chi connectivity index (χ2n) is 5.08. The Bertz CT molecular complexity index is 560. The zero-order valence-corrected chi connectivity index (χ0v) is 13.6. The Morgan fingerprint density at radius 2 is 1.60 bits per heavy atom. The number of Topliss-reactive ketones (excluding diaryl/α,β-unsaturated/α-hetero) is 3. The standard InChI is InChI=1S/C15H21NO3S/c1-7-13(10(4)18)8(2)16-14(7)15(19)12(6)20-11(5)9(3)17/h11-12,16H,1-6H3/t11-,12-/m0/s1. The Morgan fingerprint density at radius 3 is 2.00 bits per heavy atom. The summed E-state index contributed by atoms with van der Waals surface area (Å²) in [5, 5.41) is -0.539. The minimum atomic E-state index is -0.328. The van der Waals surface area contributed by atoms with Gasteiger partial charge in [0.25, 0.3) is 0 Å². The van der Waals surface area contributed by atoms with E-state index in [1.165, 1.54) is 25.6 Å². The molecule has 0 saturated heterocycles. The van der Waals surface area contributed by atoms with Crippen molar-refractivity contribution in [2.45, 2.75) is 52.0 Å². The predicted octanol–water partition coefficient (Wildman–Crippen LogP) is 3.12. The maximum absolute atomic E-state index is 12.4. The summed E-state index contributed by atoms with van der Waals surface area (Å²) < 4.78 is 0. The number of nitrogens with one attached hydrogen (secondary N) is 1. The van der Waals surface area contributed by atoms with Crippen LogP contribution < -0.4 is 0 Å². The van der Waals surface area contributed by atoms with E-state index >= 15 is 0 Å². The molecule has 0 radical (unpaired) electrons. The second kappa shape index (κ2) is 6.39. The van der Waals surface area contributed by atoms with Crippen molar-refractivity contribution in [3.8, 4) is 0 Å². The molecule has 1 heterocycles. The Kier molecular flexibility index (Phi) is 5.34. The van der Waals surface area contributed by atoms with Crippen LogP contribution in [0, 0.1) is 13.8 Å². The van der Waals surface area contributed by atoms with Crippen LogP contribution in [0.5, 0.6) is 0 Å². The minimum absolute atomic E-state index is 0.0484. The highest BCUT2D eigenvalue weighted by Gasteiger charge is 2.25. The molecule has 110 valence electrons. The van der Waals surface area contributed by atoms with Crippen LogP contribution in [0.3, 0.4) is 0 Å². The first-order chi connectivity index (χ1) is 9.16. The Morgan fingerprint density at radius 1 is 1.05 bits per heavy atom. The molecule has 0 bridgehead atoms. The van der Waals surface area contributed by atoms with Crippen molar-refractivity contribution in [2.75, 3.05) is 0 Å². The molecule has 0 spiro atoms. The molecule has 0 aliphatic heterocycles. The second-order valence-corrected chi connectivity index (χ2v) is 6.76. The van der Waals surface area contributed by atoms with Gasteiger partial charge in [-0.1, -0.05) is 0 Å². The lowest BCUT2D eigenvalue weighted by Crippen LogP contribution is -2.21. The number of carbonyl (C=O) groups is 3. The summed E-state index contributed by atoms with van der Waals surface area (Å²) in [5.74, 6) is -0.0672. The third-order valence-corrected chi connectivity index (χ3v) is 4.75. The molecule has 1 rings (SSSR count). The van der Waals surface area contributed by atoms with E-state index < -0.39 is 0 Å². The van der Waals surface area contributed by atoms with Crippen LogP contribution in [-0.2, 0) is 4.79 Å². The number of H-pyrrole nitrogens is 1. The monoisotopic (exact) mass is 295 g/mol. The van der Waals surface area contributed by atoms with Gasteiger partial charge in [-0.05, 0) is 47.1 Å². The highest BCUT2D eigenvalue weighted by Crippen LogP contribution is 2.25. The average Bonchev–Trinajstić information content (AvgIpc) is 2.63. The summed E-state index contributed by atoms with van der Waals surface area (Å²) in [6.07, 6.45) is 0. The lowest BCUT2D eigenvalue weighted by molar-refractivity contribution is -0.116. The molecule has 0 aliphatic rings. The molecule has 1 aromatic rings. The van der Waals surface area contributed by atoms with Crippen LogP contribution in [0.25, 0.3) is 0 Å². The fraction of sp³-hybridized carbons (Fsp3) is 0.533. The van der Waals surface area contributed by atoms with Gasteiger partial charge in [-0.25, -0.2) is 0 Å². The third-order valence-electron chi connectivity index (χ3n) is 3.39. The number of hydrogen-bond donors (Lipinski definition) is 1. The van der Waals surface area contributed by atoms with E-state index in [2.05, 4.69) is 4.98 Å². The molecule has 4 nitrogen and oxygen atoms in total. The van der Waals surface area contributed by atoms with Crippen LogP contribution in [0.4, 0.5) is 0 Å². The molecule has 5 heteroatoms. The highest BCUT2D eigenvalue weighted by molar-refractivity contribution is 8.01. The molecule has 0 aliphatic carbocycles. The molecular formula is C15H21NO3S. The Hall–Kier alpha value is -1.36. The van der Waals surface area contributed by atoms with Gasteiger partial charge >= 0.3 is 0 Å². The molecule has 2 atom stereocenters. The molecule has 0 saturated carbocycles. The van der Waals surface area contributed by atoms with Crippen molar-refractivity contribution in [3.63, 3.8) is 0 Å². The van der Waals surface area contributed by atoms with E-state index in [0.29, 0.717) is 16.8 Å². The molecule has 0 amide bonds. The van der Waals surface area contributed by atoms with Crippen molar-refractivity contribution in [1.82, 2.24) is 4.98 Å². The zero-order valence-electron chi connectivity index (χ0n) is 12.8. The van der Waals surface area contributed by atoms with Crippen molar-refractivity contribution < 1.29 is 14.4 Å². The van der Waals surface area contributed by atoms with E-state index in [-0.39, 0.29) is 27.8 Å². The normalized spacial score (nSPS) is 13.9. The SMILES string of the molecule is CC(=O)c1c(C)[nH]c(C(=O)[C@H](C)S[C@@H](C)C(C)=O)c1C. The van der Waals surface area contributed by atoms with Gasteiger partial charge in [0.05, 0.1) is 16.2 Å². The van der Waals surface area contributed by atoms with E-state index in [1.807, 2.05) is 0 Å². The molecule has 1 N–H and O–H groups in total. The Labute approximate surface area is 123 Å². The van der Waals surface area contributed by atoms with Crippen LogP contribution in [-0.4, -0.2) is 32.8 Å². The number of carbonyl (C=O) groups excluding carboxylic acids is 3. The van der Waals surface area contributed by atoms with Crippen LogP contribution in [0.1, 0.15) is 59.8 Å². The first kappa shape index (κ1) is 16.7. The van der Waals surface area contributed by atoms with E-state index in [4.69, 9.17) is 0 Å². The fourth-order valence-corrected chi connectivity index (χ4v) is 3.24. The van der Waals surface area contributed by atoms with Crippen molar-refractivity contribution in [3.05, 3.63) is 22.5 Å². The average molecular weight is 295 g/mol. The number of aromatic amines is 1. The number of aromatic nitrogens is 1. The maximum Gasteiger partial charge on any atom is 0.191 e. The van der Waals surface area contributed by atoms with Gasteiger partial charge in [0.2, 0.25) is 0 Å². The smallest absolute Gasteiger partial charge is 0.191 e. The lowest BCUT2D eigenvalue weighted by atomic mass is 10.0. The maximum atomic E-state index is 12.4. The van der Waals surface area contributed by atoms with Gasteiger partial charge in [0, 0.05) is 11.3 Å². The largest absolute Gasteiger partial charge is 0.355 e. The van der Waals surface area contributed by atoms with Crippen molar-refractivity contribution >= 4 is 29.1 Å². The summed E-state index contributed by atoms with van der Waals surface area (Å²) in [4.78, 5) is 38.3. The number of thioether (sulfide) groups is 1. The fourth-order valence-electron chi connectivity index (χ4n) is 2.19. The molecule has 0 unspecified atom stereocenters. The lowest BCUT2D eigenvalue weighted by Gasteiger charge is -2.13. The highest BCUT2D eigenvalue weighted by atomic mass is 32.2. The molecule has 20 heavy (non-hydrogen) atoms. The molecule has 0 aromatic carbocycles. The number of rotatable bonds is 6. The van der Waals surface area contributed by atoms with Gasteiger partial charge < -0.3 is 4.98 Å². The number of hydrogen-bond acceptors (Lipinski definition) is 4. The van der Waals surface area contributed by atoms with E-state index in [0.717, 1.165) is 5.69 Å². The topological polar surface area (TPSA) is 67.0 Å². The zero-order chi connectivity index (χ0) is 15.6. The molecule has 1 aromatic heterocycles. The number of ketones is 3. The van der Waals surface area contributed by atoms with Gasteiger partial charge in [-0.2, -0.15) is 0 Å². The van der Waals surface area contributed by atoms with E-state index in [1.54, 1.807) is 27.7 Å². The molecular weight excluding hydrogens is 274 g/mol. The quantitative estimate of drug-likeness (QED) is 0.819. The van der Waals surface area contributed by atoms with Gasteiger partial charge in [0.15, 0.2) is 11.6 Å². The minimum Gasteiger partial charge on any atom is -0.355 e. The Balaban J connectivity index is 3.01. The van der Waals surface area contributed by atoms with E-state index in [9.17, 15) is 14.4 Å². The summed E-state index contributed by atoms with van der Waals surface area (Å²) in [6.45, 7) is 10.2. The first-order valence-electron chi connectivity index (χ1n) is 6.57. The van der Waals surface area contributed by atoms with Gasteiger partial charge in [0.1, 0.15) is 5.78 Å². The summed E-state index contributed by atoms with van der Waals surface area (Å²) >= 11 is 1.34. The van der Waals surface area contributed by atoms with Crippen LogP contribution in [0.15, 0.2) is 0 Å². The third kappa shape index (κ3) is 3.39. The van der Waals surface area contributed by atoms with Gasteiger partial charge in [-0.15, -0.1) is 11.8 Å². The van der Waals surface area contributed by atoms with Crippen LogP contribution in [0.2, 0.25) is 0 Å². The number of aryl methyl sites for hydroxylation is 1. The summed E-state index contributed by atoms with van der Waals surface area (Å²) in [7, 11) is 0. The predicted molar refractivity (Wildman–Crippen MR) is 81.8 cm³/mol.